The Labute approximate surface area is 134 Å². The highest BCUT2D eigenvalue weighted by atomic mass is 32.1. The number of carbonyl (C=O) groups excluding carboxylic acids is 1. The Hall–Kier alpha value is -1.57. The third kappa shape index (κ3) is 3.04. The average Bonchev–Trinajstić information content (AvgIpc) is 3.11. The molecular formula is C14H13N3OS3. The molecule has 7 heteroatoms. The van der Waals surface area contributed by atoms with Crippen molar-refractivity contribution in [2.75, 3.05) is 5.32 Å². The minimum absolute atomic E-state index is 0.206. The maximum atomic E-state index is 12.1. The van der Waals surface area contributed by atoms with Gasteiger partial charge < -0.3 is 0 Å². The molecule has 0 bridgehead atoms. The Kier molecular flexibility index (Phi) is 3.88. The fourth-order valence-corrected chi connectivity index (χ4v) is 4.26. The molecule has 21 heavy (non-hydrogen) atoms. The van der Waals surface area contributed by atoms with Gasteiger partial charge in [-0.2, -0.15) is 0 Å². The quantitative estimate of drug-likeness (QED) is 0.766. The minimum Gasteiger partial charge on any atom is -0.296 e. The summed E-state index contributed by atoms with van der Waals surface area (Å²) in [5.74, 6) is -0.206. The van der Waals surface area contributed by atoms with E-state index in [0.717, 1.165) is 20.5 Å². The maximum Gasteiger partial charge on any atom is 0.276 e. The molecule has 1 amide bonds. The highest BCUT2D eigenvalue weighted by Crippen LogP contribution is 2.34. The topological polar surface area (TPSA) is 54.9 Å². The summed E-state index contributed by atoms with van der Waals surface area (Å²) in [5.41, 5.74) is 1.39. The predicted molar refractivity (Wildman–Crippen MR) is 89.7 cm³/mol. The van der Waals surface area contributed by atoms with E-state index in [1.54, 1.807) is 16.7 Å². The van der Waals surface area contributed by atoms with Crippen LogP contribution in [0.4, 0.5) is 5.13 Å². The first-order valence-corrected chi connectivity index (χ1v) is 8.82. The predicted octanol–water partition coefficient (Wildman–Crippen LogP) is 4.51. The number of thiazole rings is 2. The van der Waals surface area contributed by atoms with Gasteiger partial charge in [0.2, 0.25) is 0 Å². The number of aromatic nitrogens is 2. The monoisotopic (exact) mass is 335 g/mol. The molecule has 1 N–H and O–H groups in total. The molecule has 0 saturated carbocycles. The maximum absolute atomic E-state index is 12.1. The molecule has 0 aromatic carbocycles. The fourth-order valence-electron chi connectivity index (χ4n) is 1.87. The largest absolute Gasteiger partial charge is 0.296 e. The summed E-state index contributed by atoms with van der Waals surface area (Å²) in [6.07, 6.45) is 0. The van der Waals surface area contributed by atoms with Crippen LogP contribution in [0.3, 0.4) is 0 Å². The van der Waals surface area contributed by atoms with Crippen LogP contribution in [0.15, 0.2) is 17.5 Å². The Morgan fingerprint density at radius 3 is 2.57 bits per heavy atom. The number of anilines is 1. The van der Waals surface area contributed by atoms with Crippen LogP contribution >= 0.6 is 34.0 Å². The van der Waals surface area contributed by atoms with Crippen molar-refractivity contribution in [1.29, 1.82) is 0 Å². The second kappa shape index (κ2) is 5.67. The van der Waals surface area contributed by atoms with Gasteiger partial charge in [0.05, 0.1) is 15.6 Å². The van der Waals surface area contributed by atoms with Crippen LogP contribution in [0, 0.1) is 20.8 Å². The van der Waals surface area contributed by atoms with Gasteiger partial charge in [-0.15, -0.1) is 34.0 Å². The third-order valence-electron chi connectivity index (χ3n) is 2.84. The molecule has 0 spiro atoms. The van der Waals surface area contributed by atoms with Crippen molar-refractivity contribution in [3.05, 3.63) is 38.0 Å². The van der Waals surface area contributed by atoms with Gasteiger partial charge in [-0.1, -0.05) is 0 Å². The van der Waals surface area contributed by atoms with Crippen LogP contribution in [0.1, 0.15) is 25.3 Å². The first kappa shape index (κ1) is 14.4. The molecule has 0 aliphatic rings. The van der Waals surface area contributed by atoms with Gasteiger partial charge in [0.1, 0.15) is 5.69 Å². The van der Waals surface area contributed by atoms with Crippen LogP contribution in [-0.4, -0.2) is 15.9 Å². The molecule has 4 nitrogen and oxygen atoms in total. The first-order chi connectivity index (χ1) is 10.0. The van der Waals surface area contributed by atoms with Crippen molar-refractivity contribution >= 4 is 45.0 Å². The Bertz CT molecular complexity index is 800. The van der Waals surface area contributed by atoms with Crippen molar-refractivity contribution in [2.24, 2.45) is 0 Å². The highest BCUT2D eigenvalue weighted by molar-refractivity contribution is 7.18. The van der Waals surface area contributed by atoms with Crippen molar-refractivity contribution in [3.63, 3.8) is 0 Å². The van der Waals surface area contributed by atoms with Crippen LogP contribution < -0.4 is 5.32 Å². The molecule has 108 valence electrons. The first-order valence-electron chi connectivity index (χ1n) is 6.30. The minimum atomic E-state index is -0.206. The molecule has 3 aromatic rings. The van der Waals surface area contributed by atoms with Gasteiger partial charge >= 0.3 is 0 Å². The molecule has 3 heterocycles. The average molecular weight is 335 g/mol. The lowest BCUT2D eigenvalue weighted by Crippen LogP contribution is -2.12. The number of thiophene rings is 1. The molecule has 3 rings (SSSR count). The molecule has 0 atom stereocenters. The van der Waals surface area contributed by atoms with Crippen molar-refractivity contribution < 1.29 is 4.79 Å². The Morgan fingerprint density at radius 1 is 1.14 bits per heavy atom. The summed E-state index contributed by atoms with van der Waals surface area (Å²) < 4.78 is 0. The molecule has 0 unspecified atom stereocenters. The molecular weight excluding hydrogens is 322 g/mol. The molecule has 3 aromatic heterocycles. The van der Waals surface area contributed by atoms with Gasteiger partial charge in [0.15, 0.2) is 5.13 Å². The zero-order valence-corrected chi connectivity index (χ0v) is 14.2. The van der Waals surface area contributed by atoms with Gasteiger partial charge in [0, 0.05) is 15.1 Å². The van der Waals surface area contributed by atoms with E-state index in [1.807, 2.05) is 13.8 Å². The third-order valence-corrected chi connectivity index (χ3v) is 5.51. The number of nitrogens with one attached hydrogen (secondary N) is 1. The zero-order chi connectivity index (χ0) is 15.0. The van der Waals surface area contributed by atoms with E-state index < -0.39 is 0 Å². The summed E-state index contributed by atoms with van der Waals surface area (Å²) in [4.78, 5) is 24.3. The van der Waals surface area contributed by atoms with E-state index in [0.29, 0.717) is 10.8 Å². The summed E-state index contributed by atoms with van der Waals surface area (Å²) in [5, 5.41) is 6.08. The second-order valence-electron chi connectivity index (χ2n) is 4.54. The van der Waals surface area contributed by atoms with E-state index in [9.17, 15) is 4.79 Å². The standard InChI is InChI=1S/C14H13N3OS3/c1-7-4-5-11(20-7)12-8(2)21-14(16-12)17-13(18)10-6-19-9(3)15-10/h4-6H,1-3H3,(H,16,17,18). The Balaban J connectivity index is 1.83. The summed E-state index contributed by atoms with van der Waals surface area (Å²) in [6.45, 7) is 5.97. The molecule has 0 radical (unpaired) electrons. The number of nitrogens with zero attached hydrogens (tertiary/aromatic N) is 2. The fraction of sp³-hybridized carbons (Fsp3) is 0.214. The molecule has 0 saturated heterocycles. The normalized spacial score (nSPS) is 10.8. The highest BCUT2D eigenvalue weighted by Gasteiger charge is 2.15. The van der Waals surface area contributed by atoms with E-state index in [-0.39, 0.29) is 5.91 Å². The van der Waals surface area contributed by atoms with Crippen LogP contribution in [0.5, 0.6) is 0 Å². The van der Waals surface area contributed by atoms with Gasteiger partial charge in [-0.25, -0.2) is 9.97 Å². The second-order valence-corrected chi connectivity index (χ2v) is 8.09. The summed E-state index contributed by atoms with van der Waals surface area (Å²) in [7, 11) is 0. The van der Waals surface area contributed by atoms with Gasteiger partial charge in [0.25, 0.3) is 5.91 Å². The van der Waals surface area contributed by atoms with E-state index >= 15 is 0 Å². The summed E-state index contributed by atoms with van der Waals surface area (Å²) >= 11 is 4.66. The van der Waals surface area contributed by atoms with Crippen LogP contribution in [0.2, 0.25) is 0 Å². The van der Waals surface area contributed by atoms with Gasteiger partial charge in [-0.05, 0) is 32.9 Å². The number of hydrogen-bond acceptors (Lipinski definition) is 6. The zero-order valence-electron chi connectivity index (χ0n) is 11.8. The number of aryl methyl sites for hydroxylation is 3. The van der Waals surface area contributed by atoms with Crippen LogP contribution in [-0.2, 0) is 0 Å². The Morgan fingerprint density at radius 2 is 1.95 bits per heavy atom. The number of amides is 1. The van der Waals surface area contributed by atoms with Crippen molar-refractivity contribution in [1.82, 2.24) is 9.97 Å². The molecule has 0 aliphatic carbocycles. The lowest BCUT2D eigenvalue weighted by Gasteiger charge is -1.97. The van der Waals surface area contributed by atoms with Crippen molar-refractivity contribution in [2.45, 2.75) is 20.8 Å². The number of rotatable bonds is 3. The smallest absolute Gasteiger partial charge is 0.276 e. The number of hydrogen-bond donors (Lipinski definition) is 1. The molecule has 0 fully saturated rings. The van der Waals surface area contributed by atoms with Crippen LogP contribution in [0.25, 0.3) is 10.6 Å². The van der Waals surface area contributed by atoms with E-state index in [1.165, 1.54) is 27.6 Å². The van der Waals surface area contributed by atoms with E-state index in [4.69, 9.17) is 0 Å². The van der Waals surface area contributed by atoms with E-state index in [2.05, 4.69) is 34.3 Å². The van der Waals surface area contributed by atoms with Crippen molar-refractivity contribution in [3.8, 4) is 10.6 Å². The molecule has 0 aliphatic heterocycles. The lowest BCUT2D eigenvalue weighted by atomic mass is 10.3. The summed E-state index contributed by atoms with van der Waals surface area (Å²) in [6, 6.07) is 4.15. The SMILES string of the molecule is Cc1ccc(-c2nc(NC(=O)c3csc(C)n3)sc2C)s1. The lowest BCUT2D eigenvalue weighted by molar-refractivity contribution is 0.102. The van der Waals surface area contributed by atoms with Gasteiger partial charge in [-0.3, -0.25) is 10.1 Å². The number of carbonyl (C=O) groups is 1.